The molecule has 2 heterocycles. The molecule has 10 heteroatoms. The van der Waals surface area contributed by atoms with Gasteiger partial charge in [-0.1, -0.05) is 38.5 Å². The summed E-state index contributed by atoms with van der Waals surface area (Å²) in [7, 11) is 1.63. The van der Waals surface area contributed by atoms with Crippen LogP contribution in [0.5, 0.6) is 5.75 Å². The van der Waals surface area contributed by atoms with Gasteiger partial charge in [-0.15, -0.1) is 0 Å². The number of rotatable bonds is 13. The number of nitrogens with zero attached hydrogens (tertiary/aromatic N) is 5. The Bertz CT molecular complexity index is 1520. The number of imidazole rings is 1. The second-order valence-electron chi connectivity index (χ2n) is 10.5. The summed E-state index contributed by atoms with van der Waals surface area (Å²) in [6.45, 7) is 5.88. The van der Waals surface area contributed by atoms with Gasteiger partial charge in [0.2, 0.25) is 5.91 Å². The van der Waals surface area contributed by atoms with Gasteiger partial charge in [-0.2, -0.15) is 5.26 Å². The molecular formula is C33H37N7O2S. The van der Waals surface area contributed by atoms with Crippen molar-refractivity contribution < 1.29 is 9.53 Å². The molecule has 0 bridgehead atoms. The Labute approximate surface area is 258 Å². The second-order valence-corrected chi connectivity index (χ2v) is 10.8. The van der Waals surface area contributed by atoms with Crippen molar-refractivity contribution >= 4 is 28.9 Å². The smallest absolute Gasteiger partial charge is 0.226 e. The Balaban J connectivity index is 1.47. The third kappa shape index (κ3) is 9.12. The van der Waals surface area contributed by atoms with Crippen molar-refractivity contribution in [2.24, 2.45) is 5.92 Å². The summed E-state index contributed by atoms with van der Waals surface area (Å²) in [4.78, 5) is 24.0. The number of hydrogen-bond donors (Lipinski definition) is 2. The number of benzene rings is 2. The van der Waals surface area contributed by atoms with Crippen LogP contribution in [-0.2, 0) is 24.3 Å². The molecule has 0 spiro atoms. The van der Waals surface area contributed by atoms with E-state index in [4.69, 9.17) is 22.2 Å². The molecule has 222 valence electrons. The number of amides is 1. The van der Waals surface area contributed by atoms with E-state index in [1.807, 2.05) is 59.3 Å². The number of nitriles is 1. The third-order valence-corrected chi connectivity index (χ3v) is 7.76. The molecule has 2 aromatic carbocycles. The number of hydrogen-bond acceptors (Lipinski definition) is 6. The zero-order chi connectivity index (χ0) is 30.6. The highest BCUT2D eigenvalue weighted by atomic mass is 32.1. The van der Waals surface area contributed by atoms with E-state index in [1.54, 1.807) is 38.0 Å². The maximum absolute atomic E-state index is 13.4. The molecule has 1 amide bonds. The van der Waals surface area contributed by atoms with Crippen LogP contribution in [0.1, 0.15) is 42.7 Å². The molecule has 4 rings (SSSR count). The molecule has 2 N–H and O–H groups in total. The fourth-order valence-corrected chi connectivity index (χ4v) is 4.90. The van der Waals surface area contributed by atoms with Gasteiger partial charge in [-0.3, -0.25) is 9.78 Å². The van der Waals surface area contributed by atoms with Gasteiger partial charge in [0.05, 0.1) is 31.5 Å². The van der Waals surface area contributed by atoms with Crippen LogP contribution < -0.4 is 15.4 Å². The Morgan fingerprint density at radius 2 is 1.86 bits per heavy atom. The standard InChI is InChI=1S/C33H37N7O2S/c1-4-24(2)31(38-32(41)16-29-19-36-23-40(29)20-26-9-7-25(17-34)8-10-26)22-39(21-27-6-5-15-35-18-27)33(43)37-28-11-13-30(42-3)14-12-28/h5-15,18-19,23-24,31H,4,16,20-22H2,1-3H3,(H,37,43)(H,38,41)/t24-,31+/m0/s1. The summed E-state index contributed by atoms with van der Waals surface area (Å²) in [5.74, 6) is 0.886. The molecule has 0 aliphatic rings. The molecule has 0 aliphatic carbocycles. The van der Waals surface area contributed by atoms with E-state index < -0.39 is 0 Å². The number of pyridine rings is 1. The highest BCUT2D eigenvalue weighted by Crippen LogP contribution is 2.18. The minimum Gasteiger partial charge on any atom is -0.497 e. The normalized spacial score (nSPS) is 12.0. The fraction of sp³-hybridized carbons (Fsp3) is 0.303. The SMILES string of the molecule is CC[C@H](C)[C@@H](CN(Cc1cccnc1)C(=S)Nc1ccc(OC)cc1)NC(=O)Cc1cncn1Cc1ccc(C#N)cc1. The van der Waals surface area contributed by atoms with Crippen LogP contribution in [0.4, 0.5) is 5.69 Å². The highest BCUT2D eigenvalue weighted by Gasteiger charge is 2.24. The largest absolute Gasteiger partial charge is 0.497 e. The summed E-state index contributed by atoms with van der Waals surface area (Å²) in [6, 6.07) is 20.9. The third-order valence-electron chi connectivity index (χ3n) is 7.40. The van der Waals surface area contributed by atoms with E-state index >= 15 is 0 Å². The molecule has 9 nitrogen and oxygen atoms in total. The molecule has 4 aromatic rings. The molecule has 0 unspecified atom stereocenters. The van der Waals surface area contributed by atoms with Gasteiger partial charge in [-0.05, 0) is 71.7 Å². The van der Waals surface area contributed by atoms with Crippen LogP contribution in [0.25, 0.3) is 0 Å². The lowest BCUT2D eigenvalue weighted by molar-refractivity contribution is -0.121. The van der Waals surface area contributed by atoms with Crippen LogP contribution in [0, 0.1) is 17.2 Å². The highest BCUT2D eigenvalue weighted by molar-refractivity contribution is 7.80. The number of anilines is 1. The average molecular weight is 596 g/mol. The van der Waals surface area contributed by atoms with Gasteiger partial charge in [0.15, 0.2) is 5.11 Å². The second kappa shape index (κ2) is 15.5. The van der Waals surface area contributed by atoms with Gasteiger partial charge in [0.1, 0.15) is 5.75 Å². The van der Waals surface area contributed by atoms with E-state index in [9.17, 15) is 4.79 Å². The summed E-state index contributed by atoms with van der Waals surface area (Å²) in [5.41, 5.74) is 4.32. The number of thiocarbonyl (C=S) groups is 1. The molecule has 0 radical (unpaired) electrons. The number of methoxy groups -OCH3 is 1. The number of aromatic nitrogens is 3. The van der Waals surface area contributed by atoms with Gasteiger partial charge < -0.3 is 24.8 Å². The van der Waals surface area contributed by atoms with Crippen molar-refractivity contribution in [3.8, 4) is 11.8 Å². The first-order valence-corrected chi connectivity index (χ1v) is 14.7. The summed E-state index contributed by atoms with van der Waals surface area (Å²) in [6.07, 6.45) is 8.11. The quantitative estimate of drug-likeness (QED) is 0.204. The number of ether oxygens (including phenoxy) is 1. The minimum absolute atomic E-state index is 0.0813. The van der Waals surface area contributed by atoms with Crippen LogP contribution in [0.3, 0.4) is 0 Å². The van der Waals surface area contributed by atoms with E-state index in [0.717, 1.165) is 34.7 Å². The van der Waals surface area contributed by atoms with Crippen LogP contribution in [0.2, 0.25) is 0 Å². The Hall–Kier alpha value is -4.75. The topological polar surface area (TPSA) is 108 Å². The zero-order valence-electron chi connectivity index (χ0n) is 24.7. The first-order valence-electron chi connectivity index (χ1n) is 14.2. The first kappa shape index (κ1) is 31.2. The maximum atomic E-state index is 13.4. The Kier molecular flexibility index (Phi) is 11.2. The summed E-state index contributed by atoms with van der Waals surface area (Å²) < 4.78 is 7.24. The predicted octanol–water partition coefficient (Wildman–Crippen LogP) is 5.18. The molecule has 0 aliphatic heterocycles. The molecular weight excluding hydrogens is 558 g/mol. The fourth-order valence-electron chi connectivity index (χ4n) is 4.64. The van der Waals surface area contributed by atoms with E-state index in [0.29, 0.717) is 30.3 Å². The van der Waals surface area contributed by atoms with Crippen molar-refractivity contribution in [3.63, 3.8) is 0 Å². The lowest BCUT2D eigenvalue weighted by atomic mass is 9.98. The van der Waals surface area contributed by atoms with Crippen LogP contribution >= 0.6 is 12.2 Å². The minimum atomic E-state index is -0.153. The van der Waals surface area contributed by atoms with Gasteiger partial charge in [0.25, 0.3) is 0 Å². The van der Waals surface area contributed by atoms with Gasteiger partial charge in [0, 0.05) is 55.6 Å². The maximum Gasteiger partial charge on any atom is 0.226 e. The van der Waals surface area contributed by atoms with Crippen LogP contribution in [-0.4, -0.2) is 50.2 Å². The molecule has 0 saturated heterocycles. The van der Waals surface area contributed by atoms with Gasteiger partial charge >= 0.3 is 0 Å². The van der Waals surface area contributed by atoms with E-state index in [-0.39, 0.29) is 24.3 Å². The molecule has 0 saturated carbocycles. The Morgan fingerprint density at radius 1 is 1.09 bits per heavy atom. The summed E-state index contributed by atoms with van der Waals surface area (Å²) >= 11 is 5.88. The predicted molar refractivity (Wildman–Crippen MR) is 171 cm³/mol. The number of carbonyl (C=O) groups excluding carboxylic acids is 1. The summed E-state index contributed by atoms with van der Waals surface area (Å²) in [5, 5.41) is 16.3. The van der Waals surface area contributed by atoms with Crippen LogP contribution in [0.15, 0.2) is 85.6 Å². The molecule has 0 fully saturated rings. The lowest BCUT2D eigenvalue weighted by Gasteiger charge is -2.33. The van der Waals surface area contributed by atoms with Crippen molar-refractivity contribution in [2.75, 3.05) is 19.0 Å². The van der Waals surface area contributed by atoms with Crippen molar-refractivity contribution in [1.82, 2.24) is 24.8 Å². The van der Waals surface area contributed by atoms with Crippen molar-refractivity contribution in [3.05, 3.63) is 108 Å². The average Bonchev–Trinajstić information content (AvgIpc) is 3.46. The lowest BCUT2D eigenvalue weighted by Crippen LogP contribution is -2.50. The first-order chi connectivity index (χ1) is 20.9. The van der Waals surface area contributed by atoms with E-state index in [1.165, 1.54) is 0 Å². The number of nitrogens with one attached hydrogen (secondary N) is 2. The Morgan fingerprint density at radius 3 is 2.51 bits per heavy atom. The van der Waals surface area contributed by atoms with Gasteiger partial charge in [-0.25, -0.2) is 4.98 Å². The number of carbonyl (C=O) groups is 1. The zero-order valence-corrected chi connectivity index (χ0v) is 25.6. The van der Waals surface area contributed by atoms with E-state index in [2.05, 4.69) is 45.4 Å². The van der Waals surface area contributed by atoms with Crippen molar-refractivity contribution in [1.29, 1.82) is 5.26 Å². The molecule has 2 aromatic heterocycles. The molecule has 2 atom stereocenters. The molecule has 43 heavy (non-hydrogen) atoms. The van der Waals surface area contributed by atoms with Crippen molar-refractivity contribution in [2.45, 2.75) is 45.8 Å². The monoisotopic (exact) mass is 595 g/mol.